The van der Waals surface area contributed by atoms with E-state index in [2.05, 4.69) is 31.1 Å². The minimum Gasteiger partial charge on any atom is -0.462 e. The summed E-state index contributed by atoms with van der Waals surface area (Å²) in [7, 11) is 4.23. The SMILES string of the molecule is CN(C)CC1CC(CC(=O)OC2CCCCCCCC(=O)OCC=CCCCCCCCCCCCCC=CCOC(=O)CCCCCCC2)C1. The zero-order valence-electron chi connectivity index (χ0n) is 33.1. The average Bonchev–Trinajstić information content (AvgIpc) is 3.08. The predicted octanol–water partition coefficient (Wildman–Crippen LogP) is 11.2. The van der Waals surface area contributed by atoms with Crippen LogP contribution in [0.5, 0.6) is 0 Å². The average molecular weight is 716 g/mol. The van der Waals surface area contributed by atoms with E-state index >= 15 is 0 Å². The summed E-state index contributed by atoms with van der Waals surface area (Å²) in [6.07, 6.45) is 39.2. The van der Waals surface area contributed by atoms with Crippen molar-refractivity contribution in [3.63, 3.8) is 0 Å². The Bertz CT molecular complexity index is 886. The van der Waals surface area contributed by atoms with Crippen LogP contribution >= 0.6 is 0 Å². The Morgan fingerprint density at radius 1 is 0.588 bits per heavy atom. The van der Waals surface area contributed by atoms with E-state index in [0.717, 1.165) is 109 Å². The van der Waals surface area contributed by atoms with E-state index in [1.165, 1.54) is 64.2 Å². The Labute approximate surface area is 313 Å². The number of hydrogen-bond acceptors (Lipinski definition) is 7. The van der Waals surface area contributed by atoms with Gasteiger partial charge in [0.2, 0.25) is 0 Å². The van der Waals surface area contributed by atoms with Gasteiger partial charge < -0.3 is 19.1 Å². The fraction of sp³-hybridized carbons (Fsp3) is 0.841. The molecule has 1 aliphatic carbocycles. The zero-order chi connectivity index (χ0) is 36.6. The van der Waals surface area contributed by atoms with Crippen LogP contribution in [0.15, 0.2) is 24.3 Å². The number of nitrogens with zero attached hydrogens (tertiary/aromatic N) is 1. The number of ether oxygens (including phenoxy) is 3. The molecule has 0 bridgehead atoms. The predicted molar refractivity (Wildman–Crippen MR) is 210 cm³/mol. The van der Waals surface area contributed by atoms with E-state index in [1.807, 2.05) is 12.2 Å². The molecule has 2 aliphatic rings. The molecule has 294 valence electrons. The third kappa shape index (κ3) is 27.2. The van der Waals surface area contributed by atoms with Crippen molar-refractivity contribution in [3.05, 3.63) is 24.3 Å². The first-order valence-corrected chi connectivity index (χ1v) is 21.4. The molecule has 7 nitrogen and oxygen atoms in total. The van der Waals surface area contributed by atoms with Gasteiger partial charge in [0, 0.05) is 25.8 Å². The number of allylic oxidation sites excluding steroid dienone is 2. The van der Waals surface area contributed by atoms with Gasteiger partial charge in [-0.2, -0.15) is 0 Å². The molecule has 0 aromatic heterocycles. The molecule has 0 amide bonds. The minimum absolute atomic E-state index is 0.0116. The number of esters is 3. The van der Waals surface area contributed by atoms with Gasteiger partial charge in [-0.1, -0.05) is 114 Å². The van der Waals surface area contributed by atoms with Crippen molar-refractivity contribution in [1.29, 1.82) is 0 Å². The maximum absolute atomic E-state index is 12.9. The van der Waals surface area contributed by atoms with E-state index < -0.39 is 0 Å². The fourth-order valence-corrected chi connectivity index (χ4v) is 7.52. The lowest BCUT2D eigenvalue weighted by atomic mass is 9.73. The van der Waals surface area contributed by atoms with Gasteiger partial charge in [0.05, 0.1) is 0 Å². The summed E-state index contributed by atoms with van der Waals surface area (Å²) in [6, 6.07) is 0. The van der Waals surface area contributed by atoms with Crippen LogP contribution in [0, 0.1) is 11.8 Å². The van der Waals surface area contributed by atoms with Gasteiger partial charge in [-0.05, 0) is 103 Å². The second-order valence-corrected chi connectivity index (χ2v) is 15.8. The van der Waals surface area contributed by atoms with Crippen LogP contribution in [0.4, 0.5) is 0 Å². The summed E-state index contributed by atoms with van der Waals surface area (Å²) in [5.41, 5.74) is 0. The molecule has 1 fully saturated rings. The van der Waals surface area contributed by atoms with Gasteiger partial charge in [0.1, 0.15) is 19.3 Å². The largest absolute Gasteiger partial charge is 0.462 e. The van der Waals surface area contributed by atoms with Crippen LogP contribution in [0.2, 0.25) is 0 Å². The molecule has 0 aromatic carbocycles. The van der Waals surface area contributed by atoms with Crippen molar-refractivity contribution >= 4 is 17.9 Å². The van der Waals surface area contributed by atoms with E-state index in [-0.39, 0.29) is 24.0 Å². The first-order chi connectivity index (χ1) is 24.9. The van der Waals surface area contributed by atoms with Gasteiger partial charge in [-0.25, -0.2) is 0 Å². The van der Waals surface area contributed by atoms with Crippen LogP contribution in [0.3, 0.4) is 0 Å². The van der Waals surface area contributed by atoms with Crippen molar-refractivity contribution in [2.75, 3.05) is 33.9 Å². The highest BCUT2D eigenvalue weighted by Gasteiger charge is 2.31. The maximum Gasteiger partial charge on any atom is 0.306 e. The van der Waals surface area contributed by atoms with Crippen molar-refractivity contribution < 1.29 is 28.6 Å². The highest BCUT2D eigenvalue weighted by Crippen LogP contribution is 2.36. The maximum atomic E-state index is 12.9. The summed E-state index contributed by atoms with van der Waals surface area (Å²) in [5.74, 6) is 0.971. The molecule has 0 atom stereocenters. The standard InChI is InChI=1S/C44H77NO6/c1-45(2)38-40-35-39(36-40)37-44(48)51-41-29-23-17-15-19-25-31-42(46)49-33-27-21-13-11-9-7-5-3-4-6-8-10-12-14-22-28-34-50-43(47)32-26-20-16-18-24-30-41/h21-22,27-28,39-41H,3-20,23-26,29-38H2,1-2H3. The molecule has 0 spiro atoms. The highest BCUT2D eigenvalue weighted by atomic mass is 16.5. The van der Waals surface area contributed by atoms with Crippen molar-refractivity contribution in [2.45, 2.75) is 192 Å². The Morgan fingerprint density at radius 3 is 1.45 bits per heavy atom. The van der Waals surface area contributed by atoms with E-state index in [0.29, 0.717) is 44.3 Å². The molecular formula is C44H77NO6. The Balaban J connectivity index is 1.72. The summed E-state index contributed by atoms with van der Waals surface area (Å²) in [6.45, 7) is 1.88. The molecule has 0 saturated heterocycles. The van der Waals surface area contributed by atoms with Gasteiger partial charge in [0.15, 0.2) is 0 Å². The van der Waals surface area contributed by atoms with E-state index in [9.17, 15) is 14.4 Å². The molecule has 51 heavy (non-hydrogen) atoms. The lowest BCUT2D eigenvalue weighted by molar-refractivity contribution is -0.152. The third-order valence-corrected chi connectivity index (χ3v) is 10.5. The molecular weight excluding hydrogens is 638 g/mol. The lowest BCUT2D eigenvalue weighted by Gasteiger charge is -2.36. The van der Waals surface area contributed by atoms with Crippen molar-refractivity contribution in [3.8, 4) is 0 Å². The summed E-state index contributed by atoms with van der Waals surface area (Å²) < 4.78 is 16.9. The number of hydrogen-bond donors (Lipinski definition) is 0. The summed E-state index contributed by atoms with van der Waals surface area (Å²) in [5, 5.41) is 0. The number of carbonyl (C=O) groups is 3. The normalized spacial score (nSPS) is 25.5. The van der Waals surface area contributed by atoms with Crippen LogP contribution in [0.1, 0.15) is 186 Å². The smallest absolute Gasteiger partial charge is 0.306 e. The minimum atomic E-state index is -0.0957. The fourth-order valence-electron chi connectivity index (χ4n) is 7.52. The Kier molecular flexibility index (Phi) is 27.7. The number of rotatable bonds is 5. The third-order valence-electron chi connectivity index (χ3n) is 10.5. The van der Waals surface area contributed by atoms with E-state index in [4.69, 9.17) is 14.2 Å². The van der Waals surface area contributed by atoms with Gasteiger partial charge in [-0.15, -0.1) is 0 Å². The Hall–Kier alpha value is -2.15. The summed E-state index contributed by atoms with van der Waals surface area (Å²) in [4.78, 5) is 39.4. The van der Waals surface area contributed by atoms with Crippen molar-refractivity contribution in [1.82, 2.24) is 4.90 Å². The number of carbonyl (C=O) groups excluding carboxylic acids is 3. The molecule has 1 aliphatic heterocycles. The first kappa shape index (κ1) is 45.0. The van der Waals surface area contributed by atoms with Crippen LogP contribution in [-0.4, -0.2) is 62.8 Å². The monoisotopic (exact) mass is 716 g/mol. The topological polar surface area (TPSA) is 82.1 Å². The zero-order valence-corrected chi connectivity index (χ0v) is 33.1. The molecule has 1 saturated carbocycles. The van der Waals surface area contributed by atoms with Crippen molar-refractivity contribution in [2.24, 2.45) is 11.8 Å². The van der Waals surface area contributed by atoms with Crippen LogP contribution in [0.25, 0.3) is 0 Å². The molecule has 2 rings (SSSR count). The van der Waals surface area contributed by atoms with E-state index in [1.54, 1.807) is 0 Å². The second-order valence-electron chi connectivity index (χ2n) is 15.8. The Morgan fingerprint density at radius 2 is 1.00 bits per heavy atom. The lowest BCUT2D eigenvalue weighted by Crippen LogP contribution is -2.34. The van der Waals surface area contributed by atoms with Gasteiger partial charge >= 0.3 is 17.9 Å². The molecule has 0 unspecified atom stereocenters. The molecule has 7 heteroatoms. The molecule has 0 aromatic rings. The van der Waals surface area contributed by atoms with Gasteiger partial charge in [0.25, 0.3) is 0 Å². The van der Waals surface area contributed by atoms with Crippen LogP contribution < -0.4 is 0 Å². The number of cyclic esters (lactones) is 2. The van der Waals surface area contributed by atoms with Gasteiger partial charge in [-0.3, -0.25) is 14.4 Å². The summed E-state index contributed by atoms with van der Waals surface area (Å²) >= 11 is 0. The first-order valence-electron chi connectivity index (χ1n) is 21.4. The highest BCUT2D eigenvalue weighted by molar-refractivity contribution is 5.70. The second kappa shape index (κ2) is 31.4. The molecule has 1 heterocycles. The quantitative estimate of drug-likeness (QED) is 0.159. The van der Waals surface area contributed by atoms with Crippen LogP contribution in [-0.2, 0) is 28.6 Å². The molecule has 0 radical (unpaired) electrons. The molecule has 0 N–H and O–H groups in total.